The van der Waals surface area contributed by atoms with Crippen LogP contribution in [0.5, 0.6) is 0 Å². The van der Waals surface area contributed by atoms with Crippen LogP contribution in [0.25, 0.3) is 0 Å². The number of rotatable bonds is 1. The lowest BCUT2D eigenvalue weighted by atomic mass is 9.95. The van der Waals surface area contributed by atoms with E-state index in [0.717, 1.165) is 25.2 Å². The van der Waals surface area contributed by atoms with Crippen LogP contribution in [-0.4, -0.2) is 30.0 Å². The summed E-state index contributed by atoms with van der Waals surface area (Å²) in [6.45, 7) is 1.57. The van der Waals surface area contributed by atoms with E-state index in [4.69, 9.17) is 0 Å². The van der Waals surface area contributed by atoms with Gasteiger partial charge in [0.1, 0.15) is 0 Å². The summed E-state index contributed by atoms with van der Waals surface area (Å²) >= 11 is 0. The Labute approximate surface area is 85.7 Å². The van der Waals surface area contributed by atoms with Gasteiger partial charge in [0.2, 0.25) is 0 Å². The van der Waals surface area contributed by atoms with Crippen molar-refractivity contribution in [2.45, 2.75) is 12.1 Å². The smallest absolute Gasteiger partial charge is 0.305 e. The van der Waals surface area contributed by atoms with Crippen LogP contribution in [-0.2, 0) is 6.18 Å². The van der Waals surface area contributed by atoms with Gasteiger partial charge in [-0.05, 0) is 19.2 Å². The Kier molecular flexibility index (Phi) is 2.42. The van der Waals surface area contributed by atoms with Gasteiger partial charge < -0.3 is 4.90 Å². The highest BCUT2D eigenvalue weighted by molar-refractivity contribution is 5.23. The predicted molar refractivity (Wildman–Crippen MR) is 49.5 cm³/mol. The summed E-state index contributed by atoms with van der Waals surface area (Å²) in [4.78, 5) is 6.03. The molecule has 0 radical (unpaired) electrons. The van der Waals surface area contributed by atoms with E-state index < -0.39 is 11.7 Å². The van der Waals surface area contributed by atoms with Gasteiger partial charge in [0.05, 0.1) is 5.56 Å². The maximum atomic E-state index is 12.4. The van der Waals surface area contributed by atoms with E-state index >= 15 is 0 Å². The van der Waals surface area contributed by atoms with Gasteiger partial charge in [-0.2, -0.15) is 13.2 Å². The fourth-order valence-corrected chi connectivity index (χ4v) is 1.73. The van der Waals surface area contributed by atoms with Crippen molar-refractivity contribution in [1.29, 1.82) is 0 Å². The highest BCUT2D eigenvalue weighted by Crippen LogP contribution is 2.32. The summed E-state index contributed by atoms with van der Waals surface area (Å²) in [5.41, 5.74) is -0.0648. The van der Waals surface area contributed by atoms with Crippen molar-refractivity contribution in [3.63, 3.8) is 0 Å². The number of hydrogen-bond donors (Lipinski definition) is 0. The van der Waals surface area contributed by atoms with Gasteiger partial charge >= 0.3 is 6.18 Å². The first-order valence-electron chi connectivity index (χ1n) is 4.68. The van der Waals surface area contributed by atoms with E-state index in [9.17, 15) is 13.2 Å². The molecule has 2 rings (SSSR count). The Morgan fingerprint density at radius 2 is 2.07 bits per heavy atom. The third-order valence-corrected chi connectivity index (χ3v) is 2.59. The minimum Gasteiger partial charge on any atom is -0.305 e. The van der Waals surface area contributed by atoms with Crippen LogP contribution in [0.2, 0.25) is 0 Å². The number of aromatic nitrogens is 1. The van der Waals surface area contributed by atoms with Crippen LogP contribution in [0, 0.1) is 0 Å². The van der Waals surface area contributed by atoms with Crippen LogP contribution in [0.15, 0.2) is 18.3 Å². The quantitative estimate of drug-likeness (QED) is 0.714. The predicted octanol–water partition coefficient (Wildman–Crippen LogP) is 2.13. The SMILES string of the molecule is CN1CC(c2cc(C(F)(F)F)ccn2)C1. The number of likely N-dealkylation sites (N-methyl/N-ethyl adjacent to an activating group) is 1. The van der Waals surface area contributed by atoms with Crippen molar-refractivity contribution >= 4 is 0 Å². The molecule has 2 nitrogen and oxygen atoms in total. The molecule has 15 heavy (non-hydrogen) atoms. The van der Waals surface area contributed by atoms with Crippen LogP contribution < -0.4 is 0 Å². The lowest BCUT2D eigenvalue weighted by Crippen LogP contribution is -2.42. The van der Waals surface area contributed by atoms with Crippen LogP contribution in [0.3, 0.4) is 0 Å². The van der Waals surface area contributed by atoms with Crippen molar-refractivity contribution in [3.8, 4) is 0 Å². The topological polar surface area (TPSA) is 16.1 Å². The average Bonchev–Trinajstić information content (AvgIpc) is 2.12. The molecule has 1 aliphatic heterocycles. The number of pyridine rings is 1. The largest absolute Gasteiger partial charge is 0.416 e. The van der Waals surface area contributed by atoms with Crippen molar-refractivity contribution in [1.82, 2.24) is 9.88 Å². The normalized spacial score (nSPS) is 18.9. The molecule has 0 amide bonds. The number of nitrogens with zero attached hydrogens (tertiary/aromatic N) is 2. The molecule has 1 aromatic rings. The minimum atomic E-state index is -4.27. The molecule has 0 aromatic carbocycles. The second-order valence-corrected chi connectivity index (χ2v) is 3.89. The summed E-state index contributed by atoms with van der Waals surface area (Å²) in [6.07, 6.45) is -3.04. The zero-order valence-electron chi connectivity index (χ0n) is 8.25. The average molecular weight is 216 g/mol. The molecule has 0 spiro atoms. The van der Waals surface area contributed by atoms with Gasteiger partial charge in [0.15, 0.2) is 0 Å². The van der Waals surface area contributed by atoms with Gasteiger partial charge in [-0.25, -0.2) is 0 Å². The zero-order chi connectivity index (χ0) is 11.1. The molecule has 82 valence electrons. The van der Waals surface area contributed by atoms with Crippen molar-refractivity contribution in [3.05, 3.63) is 29.6 Å². The zero-order valence-corrected chi connectivity index (χ0v) is 8.25. The molecule has 0 N–H and O–H groups in total. The molecule has 0 unspecified atom stereocenters. The molecule has 0 saturated carbocycles. The molecule has 5 heteroatoms. The van der Waals surface area contributed by atoms with E-state index in [1.54, 1.807) is 0 Å². The number of likely N-dealkylation sites (tertiary alicyclic amines) is 1. The summed E-state index contributed by atoms with van der Waals surface area (Å²) in [5.74, 6) is 0.150. The third-order valence-electron chi connectivity index (χ3n) is 2.59. The summed E-state index contributed by atoms with van der Waals surface area (Å²) in [5, 5.41) is 0. The third kappa shape index (κ3) is 2.12. The first-order valence-corrected chi connectivity index (χ1v) is 4.68. The molecule has 2 heterocycles. The highest BCUT2D eigenvalue weighted by atomic mass is 19.4. The molecule has 0 bridgehead atoms. The monoisotopic (exact) mass is 216 g/mol. The summed E-state index contributed by atoms with van der Waals surface area (Å²) < 4.78 is 37.2. The fourth-order valence-electron chi connectivity index (χ4n) is 1.73. The second-order valence-electron chi connectivity index (χ2n) is 3.89. The van der Waals surface area contributed by atoms with Crippen molar-refractivity contribution < 1.29 is 13.2 Å². The molecular formula is C10H11F3N2. The maximum Gasteiger partial charge on any atom is 0.416 e. The van der Waals surface area contributed by atoms with E-state index in [1.807, 2.05) is 11.9 Å². The highest BCUT2D eigenvalue weighted by Gasteiger charge is 2.33. The Balaban J connectivity index is 2.20. The van der Waals surface area contributed by atoms with Crippen LogP contribution in [0.1, 0.15) is 17.2 Å². The summed E-state index contributed by atoms with van der Waals surface area (Å²) in [6, 6.07) is 2.16. The molecule has 1 saturated heterocycles. The van der Waals surface area contributed by atoms with Crippen LogP contribution in [0.4, 0.5) is 13.2 Å². The number of halogens is 3. The number of alkyl halides is 3. The molecule has 1 aromatic heterocycles. The van der Waals surface area contributed by atoms with Crippen LogP contribution >= 0.6 is 0 Å². The molecule has 0 aliphatic carbocycles. The molecule has 1 fully saturated rings. The Morgan fingerprint density at radius 1 is 1.40 bits per heavy atom. The molecule has 0 atom stereocenters. The van der Waals surface area contributed by atoms with Gasteiger partial charge in [-0.1, -0.05) is 0 Å². The maximum absolute atomic E-state index is 12.4. The first kappa shape index (κ1) is 10.4. The summed E-state index contributed by atoms with van der Waals surface area (Å²) in [7, 11) is 1.93. The minimum absolute atomic E-state index is 0.150. The van der Waals surface area contributed by atoms with Gasteiger partial charge in [0, 0.05) is 30.9 Å². The van der Waals surface area contributed by atoms with E-state index in [1.165, 1.54) is 6.20 Å². The van der Waals surface area contributed by atoms with Gasteiger partial charge in [0.25, 0.3) is 0 Å². The Bertz CT molecular complexity index is 356. The van der Waals surface area contributed by atoms with Crippen molar-refractivity contribution in [2.75, 3.05) is 20.1 Å². The number of hydrogen-bond acceptors (Lipinski definition) is 2. The molecular weight excluding hydrogens is 205 g/mol. The Morgan fingerprint density at radius 3 is 2.60 bits per heavy atom. The Hall–Kier alpha value is -1.10. The first-order chi connectivity index (χ1) is 6.97. The van der Waals surface area contributed by atoms with Gasteiger partial charge in [-0.15, -0.1) is 0 Å². The second kappa shape index (κ2) is 3.48. The van der Waals surface area contributed by atoms with E-state index in [-0.39, 0.29) is 5.92 Å². The van der Waals surface area contributed by atoms with Crippen molar-refractivity contribution in [2.24, 2.45) is 0 Å². The lowest BCUT2D eigenvalue weighted by molar-refractivity contribution is -0.137. The van der Waals surface area contributed by atoms with E-state index in [2.05, 4.69) is 4.98 Å². The van der Waals surface area contributed by atoms with Gasteiger partial charge in [-0.3, -0.25) is 4.98 Å². The van der Waals surface area contributed by atoms with E-state index in [0.29, 0.717) is 5.69 Å². The fraction of sp³-hybridized carbons (Fsp3) is 0.500. The molecule has 1 aliphatic rings. The standard InChI is InChI=1S/C10H11F3N2/c1-15-5-7(6-15)9-4-8(2-3-14-9)10(11,12)13/h2-4,7H,5-6H2,1H3. The lowest BCUT2D eigenvalue weighted by Gasteiger charge is -2.35.